The SMILES string of the molecule is CCN(CC(=O)NCc1cccs1)C(=O)Cn1nnc(-c2cccs2)n1. The minimum Gasteiger partial charge on any atom is -0.350 e. The smallest absolute Gasteiger partial charge is 0.246 e. The lowest BCUT2D eigenvalue weighted by Gasteiger charge is -2.19. The van der Waals surface area contributed by atoms with Gasteiger partial charge in [0.05, 0.1) is 18.0 Å². The highest BCUT2D eigenvalue weighted by Gasteiger charge is 2.18. The number of likely N-dealkylation sites (N-methyl/N-ethyl adjacent to an activating group) is 1. The number of amides is 2. The van der Waals surface area contributed by atoms with Gasteiger partial charge in [0.2, 0.25) is 17.6 Å². The fourth-order valence-corrected chi connectivity index (χ4v) is 3.53. The van der Waals surface area contributed by atoms with Gasteiger partial charge in [-0.05, 0) is 35.0 Å². The first-order valence-corrected chi connectivity index (χ1v) is 9.80. The number of carbonyl (C=O) groups is 2. The standard InChI is InChI=1S/C16H18N6O2S2/c1-2-21(10-14(23)17-9-12-5-3-7-25-12)15(24)11-22-19-16(18-20-22)13-6-4-8-26-13/h3-8H,2,9-11H2,1H3,(H,17,23). The Hall–Kier alpha value is -2.59. The van der Waals surface area contributed by atoms with Gasteiger partial charge in [0, 0.05) is 11.4 Å². The van der Waals surface area contributed by atoms with E-state index in [4.69, 9.17) is 0 Å². The number of nitrogens with zero attached hydrogens (tertiary/aromatic N) is 5. The molecule has 0 fully saturated rings. The van der Waals surface area contributed by atoms with Crippen LogP contribution in [0.25, 0.3) is 10.7 Å². The lowest BCUT2D eigenvalue weighted by atomic mass is 10.4. The van der Waals surface area contributed by atoms with Crippen LogP contribution in [0.2, 0.25) is 0 Å². The molecule has 0 aliphatic carbocycles. The first-order chi connectivity index (χ1) is 12.7. The maximum absolute atomic E-state index is 12.4. The minimum absolute atomic E-state index is 0.00713. The average Bonchev–Trinajstić information content (AvgIpc) is 3.39. The molecule has 3 aromatic rings. The van der Waals surface area contributed by atoms with E-state index in [1.807, 2.05) is 41.9 Å². The van der Waals surface area contributed by atoms with Crippen molar-refractivity contribution in [3.8, 4) is 10.7 Å². The number of rotatable bonds is 8. The highest BCUT2D eigenvalue weighted by Crippen LogP contribution is 2.19. The van der Waals surface area contributed by atoms with Crippen LogP contribution in [-0.4, -0.2) is 50.0 Å². The molecule has 0 spiro atoms. The van der Waals surface area contributed by atoms with Crippen LogP contribution in [0, 0.1) is 0 Å². The number of carbonyl (C=O) groups excluding carboxylic acids is 2. The molecule has 1 N–H and O–H groups in total. The van der Waals surface area contributed by atoms with Gasteiger partial charge in [-0.3, -0.25) is 9.59 Å². The normalized spacial score (nSPS) is 10.7. The van der Waals surface area contributed by atoms with Crippen LogP contribution in [0.3, 0.4) is 0 Å². The molecule has 8 nitrogen and oxygen atoms in total. The van der Waals surface area contributed by atoms with Crippen LogP contribution >= 0.6 is 22.7 Å². The van der Waals surface area contributed by atoms with E-state index in [9.17, 15) is 9.59 Å². The molecule has 0 saturated carbocycles. The Morgan fingerprint density at radius 3 is 2.73 bits per heavy atom. The summed E-state index contributed by atoms with van der Waals surface area (Å²) in [6.45, 7) is 2.68. The molecule has 3 rings (SSSR count). The molecular formula is C16H18N6O2S2. The molecule has 3 heterocycles. The number of hydrogen-bond donors (Lipinski definition) is 1. The summed E-state index contributed by atoms with van der Waals surface area (Å²) in [7, 11) is 0. The van der Waals surface area contributed by atoms with Crippen LogP contribution in [0.1, 0.15) is 11.8 Å². The number of thiophene rings is 2. The first kappa shape index (κ1) is 18.2. The van der Waals surface area contributed by atoms with Crippen molar-refractivity contribution in [1.29, 1.82) is 0 Å². The fourth-order valence-electron chi connectivity index (χ4n) is 2.24. The lowest BCUT2D eigenvalue weighted by Crippen LogP contribution is -2.42. The third-order valence-electron chi connectivity index (χ3n) is 3.58. The number of nitrogens with one attached hydrogen (secondary N) is 1. The van der Waals surface area contributed by atoms with Gasteiger partial charge in [-0.1, -0.05) is 12.1 Å². The zero-order chi connectivity index (χ0) is 18.4. The molecule has 0 aromatic carbocycles. The third-order valence-corrected chi connectivity index (χ3v) is 5.32. The van der Waals surface area contributed by atoms with E-state index in [1.165, 1.54) is 21.0 Å². The minimum atomic E-state index is -0.228. The highest BCUT2D eigenvalue weighted by atomic mass is 32.1. The highest BCUT2D eigenvalue weighted by molar-refractivity contribution is 7.13. The summed E-state index contributed by atoms with van der Waals surface area (Å²) in [5.74, 6) is 0.0675. The van der Waals surface area contributed by atoms with Gasteiger partial charge in [0.1, 0.15) is 6.54 Å². The van der Waals surface area contributed by atoms with Gasteiger partial charge in [-0.2, -0.15) is 4.80 Å². The van der Waals surface area contributed by atoms with E-state index >= 15 is 0 Å². The Balaban J connectivity index is 1.52. The lowest BCUT2D eigenvalue weighted by molar-refractivity contribution is -0.136. The van der Waals surface area contributed by atoms with Crippen molar-refractivity contribution in [3.63, 3.8) is 0 Å². The van der Waals surface area contributed by atoms with Gasteiger partial charge in [0.15, 0.2) is 0 Å². The summed E-state index contributed by atoms with van der Waals surface area (Å²) < 4.78 is 0. The van der Waals surface area contributed by atoms with E-state index in [-0.39, 0.29) is 24.9 Å². The van der Waals surface area contributed by atoms with Gasteiger partial charge in [-0.15, -0.1) is 32.9 Å². The van der Waals surface area contributed by atoms with E-state index < -0.39 is 0 Å². The Labute approximate surface area is 158 Å². The number of aromatic nitrogens is 4. The van der Waals surface area contributed by atoms with Crippen molar-refractivity contribution in [1.82, 2.24) is 30.4 Å². The quantitative estimate of drug-likeness (QED) is 0.631. The summed E-state index contributed by atoms with van der Waals surface area (Å²) in [6, 6.07) is 7.68. The summed E-state index contributed by atoms with van der Waals surface area (Å²) in [5.41, 5.74) is 0. The molecule has 26 heavy (non-hydrogen) atoms. The molecule has 0 saturated heterocycles. The summed E-state index contributed by atoms with van der Waals surface area (Å²) in [5, 5.41) is 18.8. The molecule has 0 aliphatic heterocycles. The number of tetrazole rings is 1. The van der Waals surface area contributed by atoms with Crippen LogP contribution in [0.4, 0.5) is 0 Å². The second kappa shape index (κ2) is 8.68. The predicted octanol–water partition coefficient (Wildman–Crippen LogP) is 1.63. The van der Waals surface area contributed by atoms with Crippen molar-refractivity contribution in [2.75, 3.05) is 13.1 Å². The van der Waals surface area contributed by atoms with Crippen molar-refractivity contribution < 1.29 is 9.59 Å². The molecule has 2 amide bonds. The predicted molar refractivity (Wildman–Crippen MR) is 99.5 cm³/mol. The van der Waals surface area contributed by atoms with Crippen molar-refractivity contribution >= 4 is 34.5 Å². The van der Waals surface area contributed by atoms with E-state index in [0.29, 0.717) is 18.9 Å². The summed E-state index contributed by atoms with van der Waals surface area (Å²) in [4.78, 5) is 29.2. The molecule has 0 atom stereocenters. The molecule has 3 aromatic heterocycles. The molecule has 10 heteroatoms. The third kappa shape index (κ3) is 4.73. The van der Waals surface area contributed by atoms with E-state index in [2.05, 4.69) is 20.7 Å². The fraction of sp³-hybridized carbons (Fsp3) is 0.312. The van der Waals surface area contributed by atoms with Crippen molar-refractivity contribution in [2.45, 2.75) is 20.0 Å². The largest absolute Gasteiger partial charge is 0.350 e. The Kier molecular flexibility index (Phi) is 6.08. The first-order valence-electron chi connectivity index (χ1n) is 8.04. The Morgan fingerprint density at radius 1 is 1.23 bits per heavy atom. The average molecular weight is 390 g/mol. The molecule has 0 bridgehead atoms. The molecule has 0 radical (unpaired) electrons. The molecule has 136 valence electrons. The summed E-state index contributed by atoms with van der Waals surface area (Å²) >= 11 is 3.08. The maximum Gasteiger partial charge on any atom is 0.246 e. The van der Waals surface area contributed by atoms with Crippen molar-refractivity contribution in [3.05, 3.63) is 39.9 Å². The van der Waals surface area contributed by atoms with Crippen LogP contribution < -0.4 is 5.32 Å². The maximum atomic E-state index is 12.4. The van der Waals surface area contributed by atoms with Crippen LogP contribution in [0.15, 0.2) is 35.0 Å². The second-order valence-corrected chi connectivity index (χ2v) is 7.36. The van der Waals surface area contributed by atoms with Gasteiger partial charge >= 0.3 is 0 Å². The molecule has 0 aliphatic rings. The summed E-state index contributed by atoms with van der Waals surface area (Å²) in [6.07, 6.45) is 0. The molecule has 0 unspecified atom stereocenters. The number of hydrogen-bond acceptors (Lipinski definition) is 7. The monoisotopic (exact) mass is 390 g/mol. The molecular weight excluding hydrogens is 372 g/mol. The van der Waals surface area contributed by atoms with Gasteiger partial charge in [-0.25, -0.2) is 0 Å². The van der Waals surface area contributed by atoms with Crippen molar-refractivity contribution in [2.24, 2.45) is 0 Å². The second-order valence-electron chi connectivity index (χ2n) is 5.38. The zero-order valence-electron chi connectivity index (χ0n) is 14.2. The van der Waals surface area contributed by atoms with Crippen LogP contribution in [-0.2, 0) is 22.7 Å². The van der Waals surface area contributed by atoms with Crippen LogP contribution in [0.5, 0.6) is 0 Å². The topological polar surface area (TPSA) is 93.0 Å². The Bertz CT molecular complexity index is 844. The zero-order valence-corrected chi connectivity index (χ0v) is 15.8. The van der Waals surface area contributed by atoms with Gasteiger partial charge in [0.25, 0.3) is 0 Å². The van der Waals surface area contributed by atoms with Gasteiger partial charge < -0.3 is 10.2 Å². The van der Waals surface area contributed by atoms with E-state index in [0.717, 1.165) is 9.75 Å². The van der Waals surface area contributed by atoms with E-state index in [1.54, 1.807) is 11.3 Å². The Morgan fingerprint density at radius 2 is 2.04 bits per heavy atom.